The van der Waals surface area contributed by atoms with Crippen LogP contribution < -0.4 is 5.00 Å². The summed E-state index contributed by atoms with van der Waals surface area (Å²) >= 11 is 1.53. The zero-order chi connectivity index (χ0) is 23.5. The van der Waals surface area contributed by atoms with Crippen LogP contribution in [0.4, 0.5) is 0 Å². The second kappa shape index (κ2) is 10.4. The summed E-state index contributed by atoms with van der Waals surface area (Å²) in [5.74, 6) is -1.51. The number of fused-ring (bicyclic) bond motifs is 1. The molecule has 33 heavy (non-hydrogen) atoms. The highest BCUT2D eigenvalue weighted by Gasteiger charge is 2.60. The standard InChI is InChI=1S/C21H25BN5O4PS/c1-12-16(9-26(8-15-10-33-11-24-15)7-14-4-3-5-23-6-14)19(21(30)31-32-25-22)27-18(12)17(13(2)28)20(27)29/h3-6,10-13,17-18,25,28,32H,7-9H2,1-2H3/t12-,13+,17+,18?/m0/s1. The molecule has 0 aliphatic carbocycles. The first-order chi connectivity index (χ1) is 15.9. The van der Waals surface area contributed by atoms with Gasteiger partial charge in [-0.3, -0.25) is 14.7 Å². The normalized spacial score (nSPS) is 23.3. The number of aromatic nitrogens is 2. The lowest BCUT2D eigenvalue weighted by atomic mass is 9.77. The molecule has 0 aromatic carbocycles. The molecule has 12 heteroatoms. The highest BCUT2D eigenvalue weighted by Crippen LogP contribution is 2.48. The molecule has 2 aliphatic rings. The van der Waals surface area contributed by atoms with Crippen molar-refractivity contribution in [2.24, 2.45) is 11.8 Å². The summed E-state index contributed by atoms with van der Waals surface area (Å²) in [5, 5.41) is 12.2. The van der Waals surface area contributed by atoms with Crippen LogP contribution in [0, 0.1) is 11.8 Å². The SMILES string of the molecule is [B]NPOC(=O)C1=C(CN(Cc2cccnc2)Cc2cscn2)[C@H](C)C2[C@@H]([C@@H](C)O)C(=O)N12. The molecule has 172 valence electrons. The lowest BCUT2D eigenvalue weighted by Gasteiger charge is -2.46. The molecule has 2 radical (unpaired) electrons. The molecular formula is C21H25BN5O4PS. The number of carbonyl (C=O) groups excluding carboxylic acids is 2. The van der Waals surface area contributed by atoms with Crippen LogP contribution in [0.1, 0.15) is 25.1 Å². The molecular weight excluding hydrogens is 460 g/mol. The predicted molar refractivity (Wildman–Crippen MR) is 126 cm³/mol. The van der Waals surface area contributed by atoms with Gasteiger partial charge in [0.25, 0.3) is 0 Å². The van der Waals surface area contributed by atoms with Gasteiger partial charge in [0.15, 0.2) is 7.98 Å². The molecule has 0 saturated carbocycles. The molecule has 2 aromatic heterocycles. The number of nitrogens with one attached hydrogen (secondary N) is 1. The van der Waals surface area contributed by atoms with Crippen molar-refractivity contribution in [3.8, 4) is 0 Å². The number of nitrogens with zero attached hydrogens (tertiary/aromatic N) is 4. The summed E-state index contributed by atoms with van der Waals surface area (Å²) in [6.07, 6.45) is 2.74. The van der Waals surface area contributed by atoms with E-state index in [1.165, 1.54) is 16.2 Å². The fourth-order valence-corrected chi connectivity index (χ4v) is 5.47. The summed E-state index contributed by atoms with van der Waals surface area (Å²) in [6.45, 7) is 5.20. The maximum Gasteiger partial charge on any atom is 0.358 e. The lowest BCUT2D eigenvalue weighted by Crippen LogP contribution is -2.63. The first kappa shape index (κ1) is 24.0. The van der Waals surface area contributed by atoms with Gasteiger partial charge in [0.2, 0.25) is 5.91 Å². The number of rotatable bonds is 10. The van der Waals surface area contributed by atoms with Crippen LogP contribution in [0.2, 0.25) is 0 Å². The van der Waals surface area contributed by atoms with E-state index in [1.54, 1.807) is 18.6 Å². The third kappa shape index (κ3) is 4.88. The van der Waals surface area contributed by atoms with Crippen molar-refractivity contribution in [3.05, 3.63) is 57.9 Å². The zero-order valence-electron chi connectivity index (χ0n) is 18.3. The van der Waals surface area contributed by atoms with Crippen molar-refractivity contribution in [3.63, 3.8) is 0 Å². The Morgan fingerprint density at radius 2 is 2.27 bits per heavy atom. The van der Waals surface area contributed by atoms with Crippen LogP contribution in [-0.4, -0.2) is 63.4 Å². The Bertz CT molecular complexity index is 1020. The largest absolute Gasteiger partial charge is 0.428 e. The fraction of sp³-hybridized carbons (Fsp3) is 0.429. The lowest BCUT2D eigenvalue weighted by molar-refractivity contribution is -0.162. The summed E-state index contributed by atoms with van der Waals surface area (Å²) < 4.78 is 5.26. The van der Waals surface area contributed by atoms with Gasteiger partial charge in [0.05, 0.1) is 29.3 Å². The quantitative estimate of drug-likeness (QED) is 0.295. The monoisotopic (exact) mass is 485 g/mol. The molecule has 4 heterocycles. The number of amides is 1. The molecule has 2 aromatic rings. The first-order valence-electron chi connectivity index (χ1n) is 10.6. The van der Waals surface area contributed by atoms with E-state index in [0.717, 1.165) is 16.8 Å². The number of thiazole rings is 1. The highest BCUT2D eigenvalue weighted by atomic mass is 32.1. The molecule has 2 unspecified atom stereocenters. The van der Waals surface area contributed by atoms with Crippen LogP contribution in [0.5, 0.6) is 0 Å². The Hall–Kier alpha value is -2.17. The highest BCUT2D eigenvalue weighted by molar-refractivity contribution is 7.32. The number of aliphatic hydroxyl groups is 1. The van der Waals surface area contributed by atoms with Crippen molar-refractivity contribution in [2.45, 2.75) is 39.1 Å². The zero-order valence-corrected chi connectivity index (χ0v) is 20.2. The van der Waals surface area contributed by atoms with E-state index in [1.807, 2.05) is 30.6 Å². The maximum atomic E-state index is 13.0. The van der Waals surface area contributed by atoms with Gasteiger partial charge in [0.1, 0.15) is 14.7 Å². The fourth-order valence-electron chi connectivity index (χ4n) is 4.67. The minimum absolute atomic E-state index is 0.120. The molecule has 9 nitrogen and oxygen atoms in total. The van der Waals surface area contributed by atoms with Gasteiger partial charge in [0, 0.05) is 43.3 Å². The van der Waals surface area contributed by atoms with E-state index in [2.05, 4.69) is 19.9 Å². The number of aliphatic hydroxyl groups excluding tert-OH is 1. The van der Waals surface area contributed by atoms with E-state index in [4.69, 9.17) is 12.5 Å². The average Bonchev–Trinajstić information content (AvgIpc) is 3.38. The number of hydrogen-bond acceptors (Lipinski definition) is 9. The Kier molecular flexibility index (Phi) is 7.56. The minimum atomic E-state index is -0.799. The number of pyridine rings is 1. The second-order valence-electron chi connectivity index (χ2n) is 8.25. The third-order valence-electron chi connectivity index (χ3n) is 6.10. The summed E-state index contributed by atoms with van der Waals surface area (Å²) in [6, 6.07) is 3.61. The molecule has 4 rings (SSSR count). The topological polar surface area (TPSA) is 108 Å². The Balaban J connectivity index is 1.66. The van der Waals surface area contributed by atoms with Crippen LogP contribution in [0.25, 0.3) is 0 Å². The Labute approximate surface area is 199 Å². The molecule has 2 N–H and O–H groups in total. The maximum absolute atomic E-state index is 13.0. The first-order valence-corrected chi connectivity index (χ1v) is 12.4. The van der Waals surface area contributed by atoms with Crippen LogP contribution in [0.3, 0.4) is 0 Å². The van der Waals surface area contributed by atoms with Gasteiger partial charge >= 0.3 is 5.97 Å². The van der Waals surface area contributed by atoms with Crippen LogP contribution in [0.15, 0.2) is 46.7 Å². The van der Waals surface area contributed by atoms with Gasteiger partial charge in [-0.1, -0.05) is 13.0 Å². The van der Waals surface area contributed by atoms with E-state index >= 15 is 0 Å². The van der Waals surface area contributed by atoms with Gasteiger partial charge in [-0.25, -0.2) is 9.78 Å². The van der Waals surface area contributed by atoms with Crippen LogP contribution in [-0.2, 0) is 27.2 Å². The van der Waals surface area contributed by atoms with E-state index < -0.39 is 26.9 Å². The summed E-state index contributed by atoms with van der Waals surface area (Å²) in [5.41, 5.74) is 4.80. The van der Waals surface area contributed by atoms with E-state index in [-0.39, 0.29) is 23.6 Å². The van der Waals surface area contributed by atoms with Gasteiger partial charge in [-0.15, -0.1) is 11.3 Å². The minimum Gasteiger partial charge on any atom is -0.428 e. The van der Waals surface area contributed by atoms with Crippen molar-refractivity contribution >= 4 is 40.2 Å². The van der Waals surface area contributed by atoms with Crippen molar-refractivity contribution < 1.29 is 19.2 Å². The number of carbonyl (C=O) groups is 2. The van der Waals surface area contributed by atoms with E-state index in [9.17, 15) is 14.7 Å². The number of β-lactam (4-membered cyclic amide) rings is 1. The third-order valence-corrected chi connectivity index (χ3v) is 7.14. The van der Waals surface area contributed by atoms with Crippen molar-refractivity contribution in [1.82, 2.24) is 24.8 Å². The van der Waals surface area contributed by atoms with Gasteiger partial charge in [-0.2, -0.15) is 0 Å². The molecule has 1 amide bonds. The molecule has 0 bridgehead atoms. The number of hydrogen-bond donors (Lipinski definition) is 2. The summed E-state index contributed by atoms with van der Waals surface area (Å²) in [4.78, 5) is 40.4. The molecule has 5 atom stereocenters. The Morgan fingerprint density at radius 1 is 1.45 bits per heavy atom. The van der Waals surface area contributed by atoms with Gasteiger partial charge < -0.3 is 19.5 Å². The molecule has 2 aliphatic heterocycles. The summed E-state index contributed by atoms with van der Waals surface area (Å²) in [7, 11) is 4.85. The molecule has 1 fully saturated rings. The smallest absolute Gasteiger partial charge is 0.358 e. The van der Waals surface area contributed by atoms with Crippen LogP contribution >= 0.6 is 20.3 Å². The van der Waals surface area contributed by atoms with E-state index in [0.29, 0.717) is 19.6 Å². The van der Waals surface area contributed by atoms with Gasteiger partial charge in [-0.05, 0) is 24.1 Å². The predicted octanol–water partition coefficient (Wildman–Crippen LogP) is 1.38. The Morgan fingerprint density at radius 3 is 2.91 bits per heavy atom. The molecule has 1 saturated heterocycles. The van der Waals surface area contributed by atoms with Crippen molar-refractivity contribution in [1.29, 1.82) is 0 Å². The second-order valence-corrected chi connectivity index (χ2v) is 9.67. The molecule has 0 spiro atoms. The van der Waals surface area contributed by atoms with Crippen molar-refractivity contribution in [2.75, 3.05) is 6.54 Å². The average molecular weight is 485 g/mol.